The standard InChI is InChI=1S/C17H23ClN2O2/c1-3-12(2)19-16(21)13-8-10-20(11-9-13)17(22)14-4-6-15(18)7-5-14/h4-7,12-13H,3,8-11H2,1-2H3,(H,19,21). The van der Waals surface area contributed by atoms with Gasteiger partial charge >= 0.3 is 0 Å². The van der Waals surface area contributed by atoms with Gasteiger partial charge in [-0.25, -0.2) is 0 Å². The smallest absolute Gasteiger partial charge is 0.253 e. The Bertz CT molecular complexity index is 522. The van der Waals surface area contributed by atoms with Crippen molar-refractivity contribution in [2.45, 2.75) is 39.2 Å². The predicted octanol–water partition coefficient (Wildman–Crippen LogP) is 3.11. The number of halogens is 1. The van der Waals surface area contributed by atoms with Crippen LogP contribution in [0.4, 0.5) is 0 Å². The fraction of sp³-hybridized carbons (Fsp3) is 0.529. The van der Waals surface area contributed by atoms with Crippen molar-refractivity contribution in [1.82, 2.24) is 10.2 Å². The molecule has 1 aliphatic rings. The fourth-order valence-corrected chi connectivity index (χ4v) is 2.71. The zero-order valence-electron chi connectivity index (χ0n) is 13.1. The highest BCUT2D eigenvalue weighted by Gasteiger charge is 2.28. The summed E-state index contributed by atoms with van der Waals surface area (Å²) in [6.45, 7) is 5.32. The molecule has 0 spiro atoms. The molecule has 5 heteroatoms. The normalized spacial score (nSPS) is 17.1. The number of hydrogen-bond donors (Lipinski definition) is 1. The van der Waals surface area contributed by atoms with Crippen LogP contribution in [0.1, 0.15) is 43.5 Å². The first kappa shape index (κ1) is 16.8. The van der Waals surface area contributed by atoms with E-state index in [4.69, 9.17) is 11.6 Å². The molecule has 2 rings (SSSR count). The third kappa shape index (κ3) is 4.23. The Morgan fingerprint density at radius 1 is 1.27 bits per heavy atom. The molecule has 1 fully saturated rings. The van der Waals surface area contributed by atoms with Gasteiger partial charge in [0.05, 0.1) is 0 Å². The maximum atomic E-state index is 12.4. The van der Waals surface area contributed by atoms with Gasteiger partial charge in [0, 0.05) is 35.6 Å². The first-order valence-electron chi connectivity index (χ1n) is 7.86. The van der Waals surface area contributed by atoms with E-state index in [1.807, 2.05) is 11.8 Å². The number of hydrogen-bond acceptors (Lipinski definition) is 2. The molecular weight excluding hydrogens is 300 g/mol. The summed E-state index contributed by atoms with van der Waals surface area (Å²) in [4.78, 5) is 26.3. The zero-order valence-corrected chi connectivity index (χ0v) is 13.9. The van der Waals surface area contributed by atoms with E-state index in [1.54, 1.807) is 24.3 Å². The number of carbonyl (C=O) groups excluding carboxylic acids is 2. The summed E-state index contributed by atoms with van der Waals surface area (Å²) in [5.74, 6) is 0.147. The van der Waals surface area contributed by atoms with Crippen LogP contribution in [0.5, 0.6) is 0 Å². The summed E-state index contributed by atoms with van der Waals surface area (Å²) >= 11 is 5.84. The molecule has 1 aromatic rings. The van der Waals surface area contributed by atoms with Gasteiger partial charge in [0.25, 0.3) is 5.91 Å². The van der Waals surface area contributed by atoms with Gasteiger partial charge in [-0.15, -0.1) is 0 Å². The van der Waals surface area contributed by atoms with Crippen molar-refractivity contribution in [3.63, 3.8) is 0 Å². The topological polar surface area (TPSA) is 49.4 Å². The number of benzene rings is 1. The molecule has 1 atom stereocenters. The van der Waals surface area contributed by atoms with Gasteiger partial charge in [-0.2, -0.15) is 0 Å². The van der Waals surface area contributed by atoms with Crippen LogP contribution in [0.3, 0.4) is 0 Å². The maximum Gasteiger partial charge on any atom is 0.253 e. The molecule has 1 heterocycles. The minimum atomic E-state index is 0.0115. The molecular formula is C17H23ClN2O2. The Morgan fingerprint density at radius 3 is 2.41 bits per heavy atom. The van der Waals surface area contributed by atoms with Gasteiger partial charge in [0.2, 0.25) is 5.91 Å². The van der Waals surface area contributed by atoms with Crippen LogP contribution in [0.2, 0.25) is 5.02 Å². The van der Waals surface area contributed by atoms with Crippen molar-refractivity contribution < 1.29 is 9.59 Å². The molecule has 4 nitrogen and oxygen atoms in total. The second-order valence-corrected chi connectivity index (χ2v) is 6.33. The highest BCUT2D eigenvalue weighted by atomic mass is 35.5. The molecule has 2 amide bonds. The van der Waals surface area contributed by atoms with E-state index in [0.717, 1.165) is 19.3 Å². The van der Waals surface area contributed by atoms with Crippen LogP contribution in [0.25, 0.3) is 0 Å². The maximum absolute atomic E-state index is 12.4. The van der Waals surface area contributed by atoms with E-state index >= 15 is 0 Å². The van der Waals surface area contributed by atoms with Gasteiger partial charge < -0.3 is 10.2 Å². The monoisotopic (exact) mass is 322 g/mol. The molecule has 0 saturated carbocycles. The quantitative estimate of drug-likeness (QED) is 0.926. The van der Waals surface area contributed by atoms with E-state index in [2.05, 4.69) is 12.2 Å². The van der Waals surface area contributed by atoms with Crippen LogP contribution < -0.4 is 5.32 Å². The summed E-state index contributed by atoms with van der Waals surface area (Å²) < 4.78 is 0. The minimum absolute atomic E-state index is 0.0115. The molecule has 0 bridgehead atoms. The number of carbonyl (C=O) groups is 2. The molecule has 1 aliphatic heterocycles. The molecule has 1 N–H and O–H groups in total. The van der Waals surface area contributed by atoms with E-state index in [-0.39, 0.29) is 23.8 Å². The van der Waals surface area contributed by atoms with E-state index < -0.39 is 0 Å². The predicted molar refractivity (Wildman–Crippen MR) is 88.0 cm³/mol. The van der Waals surface area contributed by atoms with Crippen molar-refractivity contribution in [3.8, 4) is 0 Å². The largest absolute Gasteiger partial charge is 0.353 e. The Labute approximate surface area is 136 Å². The number of piperidine rings is 1. The van der Waals surface area contributed by atoms with Gasteiger partial charge in [0.15, 0.2) is 0 Å². The number of nitrogens with one attached hydrogen (secondary N) is 1. The highest BCUT2D eigenvalue weighted by Crippen LogP contribution is 2.20. The van der Waals surface area contributed by atoms with Crippen LogP contribution in [0, 0.1) is 5.92 Å². The lowest BCUT2D eigenvalue weighted by Crippen LogP contribution is -2.44. The minimum Gasteiger partial charge on any atom is -0.353 e. The Balaban J connectivity index is 1.87. The molecule has 0 aromatic heterocycles. The first-order valence-corrected chi connectivity index (χ1v) is 8.24. The highest BCUT2D eigenvalue weighted by molar-refractivity contribution is 6.30. The molecule has 1 unspecified atom stereocenters. The van der Waals surface area contributed by atoms with Crippen molar-refractivity contribution in [3.05, 3.63) is 34.9 Å². The zero-order chi connectivity index (χ0) is 16.1. The van der Waals surface area contributed by atoms with E-state index in [1.165, 1.54) is 0 Å². The second kappa shape index (κ2) is 7.63. The van der Waals surface area contributed by atoms with Crippen molar-refractivity contribution in [2.75, 3.05) is 13.1 Å². The second-order valence-electron chi connectivity index (χ2n) is 5.89. The number of amides is 2. The molecule has 1 aromatic carbocycles. The van der Waals surface area contributed by atoms with E-state index in [9.17, 15) is 9.59 Å². The van der Waals surface area contributed by atoms with Crippen LogP contribution >= 0.6 is 11.6 Å². The van der Waals surface area contributed by atoms with Gasteiger partial charge in [-0.05, 0) is 50.5 Å². The van der Waals surface area contributed by atoms with Crippen LogP contribution in [-0.2, 0) is 4.79 Å². The third-order valence-corrected chi connectivity index (χ3v) is 4.50. The summed E-state index contributed by atoms with van der Waals surface area (Å²) in [5.41, 5.74) is 0.645. The summed E-state index contributed by atoms with van der Waals surface area (Å²) in [6.07, 6.45) is 2.38. The molecule has 1 saturated heterocycles. The summed E-state index contributed by atoms with van der Waals surface area (Å²) in [7, 11) is 0. The lowest BCUT2D eigenvalue weighted by Gasteiger charge is -2.32. The number of nitrogens with zero attached hydrogens (tertiary/aromatic N) is 1. The van der Waals surface area contributed by atoms with Crippen LogP contribution in [0.15, 0.2) is 24.3 Å². The molecule has 0 aliphatic carbocycles. The fourth-order valence-electron chi connectivity index (χ4n) is 2.58. The summed E-state index contributed by atoms with van der Waals surface area (Å²) in [5, 5.41) is 3.65. The number of rotatable bonds is 4. The third-order valence-electron chi connectivity index (χ3n) is 4.25. The van der Waals surface area contributed by atoms with E-state index in [0.29, 0.717) is 23.7 Å². The lowest BCUT2D eigenvalue weighted by atomic mass is 9.95. The molecule has 120 valence electrons. The van der Waals surface area contributed by atoms with Crippen LogP contribution in [-0.4, -0.2) is 35.8 Å². The SMILES string of the molecule is CCC(C)NC(=O)C1CCN(C(=O)c2ccc(Cl)cc2)CC1. The van der Waals surface area contributed by atoms with Gasteiger partial charge in [-0.3, -0.25) is 9.59 Å². The van der Waals surface area contributed by atoms with Gasteiger partial charge in [0.1, 0.15) is 0 Å². The molecule has 0 radical (unpaired) electrons. The Hall–Kier alpha value is -1.55. The van der Waals surface area contributed by atoms with Crippen molar-refractivity contribution in [1.29, 1.82) is 0 Å². The lowest BCUT2D eigenvalue weighted by molar-refractivity contribution is -0.126. The van der Waals surface area contributed by atoms with Crippen molar-refractivity contribution >= 4 is 23.4 Å². The average Bonchev–Trinajstić information content (AvgIpc) is 2.55. The Kier molecular flexibility index (Phi) is 5.83. The van der Waals surface area contributed by atoms with Crippen molar-refractivity contribution in [2.24, 2.45) is 5.92 Å². The Morgan fingerprint density at radius 2 is 1.86 bits per heavy atom. The van der Waals surface area contributed by atoms with Gasteiger partial charge in [-0.1, -0.05) is 18.5 Å². The molecule has 22 heavy (non-hydrogen) atoms. The average molecular weight is 323 g/mol. The number of likely N-dealkylation sites (tertiary alicyclic amines) is 1. The summed E-state index contributed by atoms with van der Waals surface area (Å²) in [6, 6.07) is 7.14. The first-order chi connectivity index (χ1) is 10.5.